The van der Waals surface area contributed by atoms with E-state index in [4.69, 9.17) is 9.47 Å². The van der Waals surface area contributed by atoms with Gasteiger partial charge in [-0.2, -0.15) is 0 Å². The fourth-order valence-electron chi connectivity index (χ4n) is 4.60. The minimum absolute atomic E-state index is 0.0162. The Labute approximate surface area is 213 Å². The van der Waals surface area contributed by atoms with Crippen molar-refractivity contribution in [3.05, 3.63) is 71.6 Å². The van der Waals surface area contributed by atoms with Crippen LogP contribution in [0.4, 0.5) is 5.13 Å². The monoisotopic (exact) mass is 501 g/mol. The standard InChI is InChI=1S/C28H27N3O4S/c1-34-20-10-11-25(35-2)23(16-20)24-17-36-28(29-24)30-26(32)19-12-14-31(15-13-19)27(33)22-9-5-7-18-6-3-4-8-21(18)22/h3-11,16-17,19H,12-15H2,1-2H3,(H,29,30,32). The van der Waals surface area contributed by atoms with Crippen LogP contribution in [0.2, 0.25) is 0 Å². The van der Waals surface area contributed by atoms with Crippen molar-refractivity contribution in [1.82, 2.24) is 9.88 Å². The lowest BCUT2D eigenvalue weighted by molar-refractivity contribution is -0.121. The minimum atomic E-state index is -0.166. The molecule has 8 heteroatoms. The quantitative estimate of drug-likeness (QED) is 0.379. The molecule has 0 spiro atoms. The number of fused-ring (bicyclic) bond motifs is 1. The molecule has 2 amide bonds. The Morgan fingerprint density at radius 1 is 1.00 bits per heavy atom. The molecule has 0 atom stereocenters. The molecular weight excluding hydrogens is 474 g/mol. The number of hydrogen-bond acceptors (Lipinski definition) is 6. The van der Waals surface area contributed by atoms with Crippen molar-refractivity contribution < 1.29 is 19.1 Å². The second-order valence-corrected chi connectivity index (χ2v) is 9.54. The second kappa shape index (κ2) is 10.4. The summed E-state index contributed by atoms with van der Waals surface area (Å²) in [5.41, 5.74) is 2.22. The first kappa shape index (κ1) is 23.8. The fourth-order valence-corrected chi connectivity index (χ4v) is 5.32. The molecule has 5 rings (SSSR count). The number of likely N-dealkylation sites (tertiary alicyclic amines) is 1. The molecule has 1 aromatic heterocycles. The number of amides is 2. The number of ether oxygens (including phenoxy) is 2. The van der Waals surface area contributed by atoms with Crippen LogP contribution in [0, 0.1) is 5.92 Å². The first-order chi connectivity index (χ1) is 17.6. The lowest BCUT2D eigenvalue weighted by atomic mass is 9.95. The summed E-state index contributed by atoms with van der Waals surface area (Å²) in [6.45, 7) is 1.09. The number of piperidine rings is 1. The predicted molar refractivity (Wildman–Crippen MR) is 142 cm³/mol. The molecule has 36 heavy (non-hydrogen) atoms. The van der Waals surface area contributed by atoms with Crippen molar-refractivity contribution in [2.45, 2.75) is 12.8 Å². The van der Waals surface area contributed by atoms with E-state index in [1.54, 1.807) is 14.2 Å². The van der Waals surface area contributed by atoms with Crippen LogP contribution in [0.3, 0.4) is 0 Å². The molecule has 2 heterocycles. The lowest BCUT2D eigenvalue weighted by Crippen LogP contribution is -2.41. The number of carbonyl (C=O) groups is 2. The zero-order chi connectivity index (χ0) is 25.1. The van der Waals surface area contributed by atoms with Gasteiger partial charge >= 0.3 is 0 Å². The minimum Gasteiger partial charge on any atom is -0.497 e. The van der Waals surface area contributed by atoms with E-state index >= 15 is 0 Å². The smallest absolute Gasteiger partial charge is 0.254 e. The largest absolute Gasteiger partial charge is 0.497 e. The van der Waals surface area contributed by atoms with E-state index in [2.05, 4.69) is 10.3 Å². The summed E-state index contributed by atoms with van der Waals surface area (Å²) in [7, 11) is 3.22. The van der Waals surface area contributed by atoms with E-state index in [-0.39, 0.29) is 17.7 Å². The Bertz CT molecular complexity index is 1400. The molecule has 1 saturated heterocycles. The molecule has 0 aliphatic carbocycles. The topological polar surface area (TPSA) is 80.8 Å². The summed E-state index contributed by atoms with van der Waals surface area (Å²) in [6.07, 6.45) is 1.23. The molecule has 3 aromatic carbocycles. The highest BCUT2D eigenvalue weighted by molar-refractivity contribution is 7.14. The first-order valence-corrected chi connectivity index (χ1v) is 12.7. The number of hydrogen-bond donors (Lipinski definition) is 1. The second-order valence-electron chi connectivity index (χ2n) is 8.69. The Morgan fingerprint density at radius 3 is 2.56 bits per heavy atom. The molecular formula is C28H27N3O4S. The number of aromatic nitrogens is 1. The number of thiazole rings is 1. The van der Waals surface area contributed by atoms with E-state index < -0.39 is 0 Å². The van der Waals surface area contributed by atoms with E-state index in [9.17, 15) is 9.59 Å². The van der Waals surface area contributed by atoms with Crippen LogP contribution in [-0.2, 0) is 4.79 Å². The van der Waals surface area contributed by atoms with Crippen molar-refractivity contribution in [2.24, 2.45) is 5.92 Å². The van der Waals surface area contributed by atoms with Gasteiger partial charge in [0, 0.05) is 35.5 Å². The van der Waals surface area contributed by atoms with Gasteiger partial charge in [-0.15, -0.1) is 11.3 Å². The van der Waals surface area contributed by atoms with Crippen LogP contribution < -0.4 is 14.8 Å². The van der Waals surface area contributed by atoms with Crippen molar-refractivity contribution >= 4 is 39.1 Å². The summed E-state index contributed by atoms with van der Waals surface area (Å²) in [4.78, 5) is 32.6. The summed E-state index contributed by atoms with van der Waals surface area (Å²) < 4.78 is 10.8. The third-order valence-corrected chi connectivity index (χ3v) is 7.35. The summed E-state index contributed by atoms with van der Waals surface area (Å²) in [5.74, 6) is 1.17. The third kappa shape index (κ3) is 4.77. The Balaban J connectivity index is 1.22. The highest BCUT2D eigenvalue weighted by atomic mass is 32.1. The zero-order valence-corrected chi connectivity index (χ0v) is 21.0. The van der Waals surface area contributed by atoms with E-state index in [0.717, 1.165) is 16.3 Å². The zero-order valence-electron chi connectivity index (χ0n) is 20.2. The predicted octanol–water partition coefficient (Wildman–Crippen LogP) is 5.47. The van der Waals surface area contributed by atoms with Gasteiger partial charge in [-0.25, -0.2) is 4.98 Å². The molecule has 184 valence electrons. The molecule has 7 nitrogen and oxygen atoms in total. The van der Waals surface area contributed by atoms with E-state index in [1.165, 1.54) is 11.3 Å². The van der Waals surface area contributed by atoms with Crippen LogP contribution in [0.1, 0.15) is 23.2 Å². The van der Waals surface area contributed by atoms with Gasteiger partial charge in [-0.05, 0) is 47.9 Å². The Kier molecular flexibility index (Phi) is 6.86. The maximum Gasteiger partial charge on any atom is 0.254 e. The third-order valence-electron chi connectivity index (χ3n) is 6.59. The number of nitrogens with one attached hydrogen (secondary N) is 1. The molecule has 0 bridgehead atoms. The maximum absolute atomic E-state index is 13.2. The molecule has 1 aliphatic heterocycles. The molecule has 0 saturated carbocycles. The summed E-state index contributed by atoms with van der Waals surface area (Å²) >= 11 is 1.37. The Morgan fingerprint density at radius 2 is 1.78 bits per heavy atom. The molecule has 0 unspecified atom stereocenters. The number of carbonyl (C=O) groups excluding carboxylic acids is 2. The van der Waals surface area contributed by atoms with Gasteiger partial charge in [-0.3, -0.25) is 9.59 Å². The Hall–Kier alpha value is -3.91. The summed E-state index contributed by atoms with van der Waals surface area (Å²) in [5, 5.41) is 7.39. The SMILES string of the molecule is COc1ccc(OC)c(-c2csc(NC(=O)C3CCN(C(=O)c4cccc5ccccc45)CC3)n2)c1. The fraction of sp³-hybridized carbons (Fsp3) is 0.250. The van der Waals surface area contributed by atoms with Gasteiger partial charge in [0.15, 0.2) is 5.13 Å². The van der Waals surface area contributed by atoms with Gasteiger partial charge in [0.2, 0.25) is 5.91 Å². The van der Waals surface area contributed by atoms with Gasteiger partial charge in [0.25, 0.3) is 5.91 Å². The molecule has 0 radical (unpaired) electrons. The number of rotatable bonds is 6. The van der Waals surface area contributed by atoms with Crippen LogP contribution in [0.15, 0.2) is 66.0 Å². The van der Waals surface area contributed by atoms with Gasteiger partial charge < -0.3 is 19.7 Å². The van der Waals surface area contributed by atoms with Gasteiger partial charge in [0.1, 0.15) is 11.5 Å². The molecule has 4 aromatic rings. The maximum atomic E-state index is 13.2. The number of benzene rings is 3. The van der Waals surface area contributed by atoms with Gasteiger partial charge in [0.05, 0.1) is 19.9 Å². The van der Waals surface area contributed by atoms with Crippen LogP contribution in [-0.4, -0.2) is 49.0 Å². The van der Waals surface area contributed by atoms with Crippen LogP contribution in [0.25, 0.3) is 22.0 Å². The van der Waals surface area contributed by atoms with Gasteiger partial charge in [-0.1, -0.05) is 36.4 Å². The van der Waals surface area contributed by atoms with Crippen molar-refractivity contribution in [3.63, 3.8) is 0 Å². The molecule has 1 fully saturated rings. The number of anilines is 1. The van der Waals surface area contributed by atoms with Crippen LogP contribution >= 0.6 is 11.3 Å². The highest BCUT2D eigenvalue weighted by Gasteiger charge is 2.29. The van der Waals surface area contributed by atoms with E-state index in [0.29, 0.717) is 53.8 Å². The first-order valence-electron chi connectivity index (χ1n) is 11.8. The highest BCUT2D eigenvalue weighted by Crippen LogP contribution is 2.35. The lowest BCUT2D eigenvalue weighted by Gasteiger charge is -2.31. The number of methoxy groups -OCH3 is 2. The van der Waals surface area contributed by atoms with Crippen molar-refractivity contribution in [1.29, 1.82) is 0 Å². The number of nitrogens with zero attached hydrogens (tertiary/aromatic N) is 2. The van der Waals surface area contributed by atoms with Crippen molar-refractivity contribution in [3.8, 4) is 22.8 Å². The average Bonchev–Trinajstić information content (AvgIpc) is 3.40. The van der Waals surface area contributed by atoms with E-state index in [1.807, 2.05) is 70.9 Å². The summed E-state index contributed by atoms with van der Waals surface area (Å²) in [6, 6.07) is 19.2. The van der Waals surface area contributed by atoms with Crippen molar-refractivity contribution in [2.75, 3.05) is 32.6 Å². The average molecular weight is 502 g/mol. The van der Waals surface area contributed by atoms with Crippen LogP contribution in [0.5, 0.6) is 11.5 Å². The molecule has 1 aliphatic rings. The normalized spacial score (nSPS) is 14.0. The molecule has 1 N–H and O–H groups in total.